The Morgan fingerprint density at radius 2 is 2.00 bits per heavy atom. The molecule has 0 bridgehead atoms. The number of nitrogens with one attached hydrogen (secondary N) is 1. The van der Waals surface area contributed by atoms with Crippen molar-refractivity contribution in [2.24, 2.45) is 11.3 Å². The summed E-state index contributed by atoms with van der Waals surface area (Å²) in [6.07, 6.45) is 2.59. The lowest BCUT2D eigenvalue weighted by Gasteiger charge is -2.23. The van der Waals surface area contributed by atoms with Gasteiger partial charge in [0.05, 0.1) is 0 Å². The summed E-state index contributed by atoms with van der Waals surface area (Å²) in [4.78, 5) is 0. The fraction of sp³-hybridized carbons (Fsp3) is 0.600. The molecule has 100 valence electrons. The molecule has 0 radical (unpaired) electrons. The fourth-order valence-electron chi connectivity index (χ4n) is 2.43. The van der Waals surface area contributed by atoms with E-state index in [0.29, 0.717) is 11.3 Å². The smallest absolute Gasteiger partial charge is 0.128 e. The van der Waals surface area contributed by atoms with E-state index in [4.69, 9.17) is 0 Å². The number of hydrogen-bond acceptors (Lipinski definition) is 1. The van der Waals surface area contributed by atoms with Crippen LogP contribution in [0.25, 0.3) is 0 Å². The Bertz CT molecular complexity index is 427. The lowest BCUT2D eigenvalue weighted by atomic mass is 9.92. The minimum absolute atomic E-state index is 0.0544. The monoisotopic (exact) mass is 313 g/mol. The van der Waals surface area contributed by atoms with Crippen molar-refractivity contribution < 1.29 is 4.39 Å². The molecule has 0 amide bonds. The summed E-state index contributed by atoms with van der Waals surface area (Å²) in [5.74, 6) is 0.567. The lowest BCUT2D eigenvalue weighted by Crippen LogP contribution is -2.30. The molecule has 3 heteroatoms. The van der Waals surface area contributed by atoms with Gasteiger partial charge in [0.2, 0.25) is 0 Å². The lowest BCUT2D eigenvalue weighted by molar-refractivity contribution is 0.323. The van der Waals surface area contributed by atoms with Crippen molar-refractivity contribution in [3.63, 3.8) is 0 Å². The van der Waals surface area contributed by atoms with E-state index in [2.05, 4.69) is 35.1 Å². The van der Waals surface area contributed by atoms with E-state index in [-0.39, 0.29) is 11.9 Å². The first-order chi connectivity index (χ1) is 8.44. The topological polar surface area (TPSA) is 12.0 Å². The van der Waals surface area contributed by atoms with Gasteiger partial charge in [0.1, 0.15) is 5.82 Å². The molecule has 0 aliphatic heterocycles. The van der Waals surface area contributed by atoms with Crippen LogP contribution in [-0.2, 0) is 0 Å². The molecule has 0 saturated heterocycles. The maximum Gasteiger partial charge on any atom is 0.128 e. The van der Waals surface area contributed by atoms with Crippen molar-refractivity contribution in [2.75, 3.05) is 6.54 Å². The molecular weight excluding hydrogens is 293 g/mol. The summed E-state index contributed by atoms with van der Waals surface area (Å²) in [5, 5.41) is 3.49. The second-order valence-corrected chi connectivity index (χ2v) is 6.70. The molecule has 1 nitrogen and oxygen atoms in total. The van der Waals surface area contributed by atoms with Gasteiger partial charge in [-0.1, -0.05) is 29.8 Å². The maximum atomic E-state index is 13.8. The van der Waals surface area contributed by atoms with Gasteiger partial charge in [0, 0.05) is 22.6 Å². The van der Waals surface area contributed by atoms with Gasteiger partial charge >= 0.3 is 0 Å². The van der Waals surface area contributed by atoms with Crippen LogP contribution < -0.4 is 5.32 Å². The molecule has 0 spiro atoms. The molecule has 1 aliphatic rings. The Hall–Kier alpha value is -0.410. The highest BCUT2D eigenvalue weighted by Crippen LogP contribution is 2.51. The Balaban J connectivity index is 2.00. The minimum atomic E-state index is -0.132. The Morgan fingerprint density at radius 1 is 1.33 bits per heavy atom. The largest absolute Gasteiger partial charge is 0.310 e. The van der Waals surface area contributed by atoms with Crippen molar-refractivity contribution >= 4 is 15.9 Å². The maximum absolute atomic E-state index is 13.8. The Labute approximate surface area is 117 Å². The van der Waals surface area contributed by atoms with Crippen LogP contribution in [0.1, 0.15) is 45.2 Å². The highest BCUT2D eigenvalue weighted by Gasteiger charge is 2.44. The molecule has 1 fully saturated rings. The third-order valence-electron chi connectivity index (χ3n) is 4.30. The molecule has 1 atom stereocenters. The van der Waals surface area contributed by atoms with Gasteiger partial charge in [0.25, 0.3) is 0 Å². The number of rotatable bonds is 5. The van der Waals surface area contributed by atoms with E-state index < -0.39 is 0 Å². The van der Waals surface area contributed by atoms with E-state index in [9.17, 15) is 4.39 Å². The second-order valence-electron chi connectivity index (χ2n) is 5.79. The average Bonchev–Trinajstić information content (AvgIpc) is 3.10. The van der Waals surface area contributed by atoms with Gasteiger partial charge in [-0.2, -0.15) is 0 Å². The zero-order chi connectivity index (χ0) is 13.3. The first-order valence-corrected chi connectivity index (χ1v) is 7.42. The van der Waals surface area contributed by atoms with Crippen LogP contribution in [0.3, 0.4) is 0 Å². The zero-order valence-corrected chi connectivity index (χ0v) is 12.8. The molecule has 2 rings (SSSR count). The summed E-state index contributed by atoms with van der Waals surface area (Å²) in [5.41, 5.74) is 1.19. The Morgan fingerprint density at radius 3 is 2.56 bits per heavy atom. The van der Waals surface area contributed by atoms with Gasteiger partial charge in [-0.05, 0) is 49.3 Å². The highest BCUT2D eigenvalue weighted by molar-refractivity contribution is 9.10. The predicted octanol–water partition coefficient (Wildman–Crippen LogP) is 4.68. The normalized spacial score (nSPS) is 19.0. The van der Waals surface area contributed by atoms with Gasteiger partial charge < -0.3 is 5.32 Å². The molecule has 1 N–H and O–H groups in total. The number of halogens is 2. The molecule has 1 saturated carbocycles. The first kappa shape index (κ1) is 14.0. The van der Waals surface area contributed by atoms with Gasteiger partial charge in [-0.25, -0.2) is 4.39 Å². The van der Waals surface area contributed by atoms with E-state index in [1.807, 2.05) is 13.0 Å². The molecule has 1 unspecified atom stereocenters. The summed E-state index contributed by atoms with van der Waals surface area (Å²) in [7, 11) is 0. The van der Waals surface area contributed by atoms with Gasteiger partial charge in [-0.3, -0.25) is 0 Å². The van der Waals surface area contributed by atoms with Crippen molar-refractivity contribution in [3.8, 4) is 0 Å². The van der Waals surface area contributed by atoms with Crippen molar-refractivity contribution in [3.05, 3.63) is 34.1 Å². The first-order valence-electron chi connectivity index (χ1n) is 6.63. The number of hydrogen-bond donors (Lipinski definition) is 1. The van der Waals surface area contributed by atoms with Gasteiger partial charge in [0.15, 0.2) is 0 Å². The zero-order valence-electron chi connectivity index (χ0n) is 11.3. The average molecular weight is 314 g/mol. The summed E-state index contributed by atoms with van der Waals surface area (Å²) < 4.78 is 14.7. The molecule has 18 heavy (non-hydrogen) atoms. The quantitative estimate of drug-likeness (QED) is 0.832. The highest BCUT2D eigenvalue weighted by atomic mass is 79.9. The molecule has 0 aromatic heterocycles. The molecular formula is C15H21BrFN. The van der Waals surface area contributed by atoms with Crippen LogP contribution in [-0.4, -0.2) is 6.54 Å². The Kier molecular flexibility index (Phi) is 4.12. The predicted molar refractivity (Wildman–Crippen MR) is 77.0 cm³/mol. The van der Waals surface area contributed by atoms with E-state index in [1.165, 1.54) is 18.9 Å². The van der Waals surface area contributed by atoms with Crippen molar-refractivity contribution in [1.82, 2.24) is 5.32 Å². The van der Waals surface area contributed by atoms with Gasteiger partial charge in [-0.15, -0.1) is 0 Å². The molecule has 1 aliphatic carbocycles. The SMILES string of the molecule is CC(NCC1(C(C)C)CC1)c1cc(Br)ccc1F. The van der Waals surface area contributed by atoms with E-state index in [0.717, 1.165) is 16.6 Å². The van der Waals surface area contributed by atoms with Crippen molar-refractivity contribution in [1.29, 1.82) is 0 Å². The summed E-state index contributed by atoms with van der Waals surface area (Å²) >= 11 is 3.40. The van der Waals surface area contributed by atoms with Crippen LogP contribution in [0.2, 0.25) is 0 Å². The van der Waals surface area contributed by atoms with E-state index >= 15 is 0 Å². The summed E-state index contributed by atoms with van der Waals surface area (Å²) in [6.45, 7) is 7.57. The number of benzene rings is 1. The van der Waals surface area contributed by atoms with Crippen molar-refractivity contribution in [2.45, 2.75) is 39.7 Å². The molecule has 1 aromatic carbocycles. The van der Waals surface area contributed by atoms with Crippen LogP contribution in [0.4, 0.5) is 4.39 Å². The van der Waals surface area contributed by atoms with E-state index in [1.54, 1.807) is 6.07 Å². The van der Waals surface area contributed by atoms with Crippen LogP contribution >= 0.6 is 15.9 Å². The standard InChI is InChI=1S/C15H21BrFN/c1-10(2)15(6-7-15)9-18-11(3)13-8-12(16)4-5-14(13)17/h4-5,8,10-11,18H,6-7,9H2,1-3H3. The van der Waals surface area contributed by atoms with Crippen LogP contribution in [0, 0.1) is 17.2 Å². The summed E-state index contributed by atoms with van der Waals surface area (Å²) in [6, 6.07) is 5.18. The van der Waals surface area contributed by atoms with Crippen LogP contribution in [0.15, 0.2) is 22.7 Å². The van der Waals surface area contributed by atoms with Crippen LogP contribution in [0.5, 0.6) is 0 Å². The third kappa shape index (κ3) is 2.94. The molecule has 1 aromatic rings. The third-order valence-corrected chi connectivity index (χ3v) is 4.80. The second kappa shape index (κ2) is 5.30. The fourth-order valence-corrected chi connectivity index (χ4v) is 2.81. The minimum Gasteiger partial charge on any atom is -0.310 e. The molecule has 0 heterocycles.